The number of hydrogen-bond donors (Lipinski definition) is 0. The third-order valence-electron chi connectivity index (χ3n) is 8.65. The average molecular weight is 659 g/mol. The third kappa shape index (κ3) is 8.26. The maximum Gasteiger partial charge on any atom is 0.401 e. The Balaban J connectivity index is 1.20. The Bertz CT molecular complexity index is 1570. The largest absolute Gasteiger partial charge is 0.401 e. The smallest absolute Gasteiger partial charge is 0.361 e. The quantitative estimate of drug-likeness (QED) is 0.0923. The molecule has 14 heteroatoms. The van der Waals surface area contributed by atoms with Crippen LogP contribution in [0.5, 0.6) is 0 Å². The second-order valence-corrected chi connectivity index (χ2v) is 20.1. The molecule has 1 aliphatic carbocycles. The number of fused-ring (bicyclic) bond motifs is 1. The van der Waals surface area contributed by atoms with Crippen LogP contribution in [0.15, 0.2) is 36.8 Å². The molecular weight excluding hydrogens is 618 g/mol. The molecule has 4 aromatic rings. The maximum absolute atomic E-state index is 12.8. The molecule has 9 nitrogen and oxygen atoms in total. The molecule has 0 N–H and O–H groups in total. The van der Waals surface area contributed by atoms with E-state index in [4.69, 9.17) is 9.72 Å². The van der Waals surface area contributed by atoms with E-state index in [-0.39, 0.29) is 6.04 Å². The van der Waals surface area contributed by atoms with Gasteiger partial charge >= 0.3 is 6.18 Å². The van der Waals surface area contributed by atoms with Crippen molar-refractivity contribution in [1.82, 2.24) is 34.8 Å². The summed E-state index contributed by atoms with van der Waals surface area (Å²) < 4.78 is 46.5. The highest BCUT2D eigenvalue weighted by molar-refractivity contribution is 7.15. The fourth-order valence-electron chi connectivity index (χ4n) is 6.01. The Morgan fingerprint density at radius 2 is 1.78 bits per heavy atom. The first kappa shape index (κ1) is 32.0. The lowest BCUT2D eigenvalue weighted by Crippen LogP contribution is -2.40. The topological polar surface area (TPSA) is 85.1 Å². The molecule has 4 aromatic heterocycles. The summed E-state index contributed by atoms with van der Waals surface area (Å²) in [6.45, 7) is 7.99. The Hall–Kier alpha value is -2.94. The average Bonchev–Trinajstić information content (AvgIpc) is 3.78. The highest BCUT2D eigenvalue weighted by atomic mass is 32.1. The van der Waals surface area contributed by atoms with Crippen LogP contribution < -0.4 is 4.90 Å². The second kappa shape index (κ2) is 13.4. The van der Waals surface area contributed by atoms with Crippen LogP contribution in [0.4, 0.5) is 24.1 Å². The van der Waals surface area contributed by atoms with Gasteiger partial charge in [-0.1, -0.05) is 43.8 Å². The fraction of sp³-hybridized carbons (Fsp3) is 0.581. The van der Waals surface area contributed by atoms with E-state index in [2.05, 4.69) is 39.9 Å². The number of piperidine rings is 1. The van der Waals surface area contributed by atoms with Gasteiger partial charge in [-0.05, 0) is 49.9 Å². The molecular formula is C31H41F3N8OSSi. The number of nitrogens with zero attached hydrogens (tertiary/aromatic N) is 8. The van der Waals surface area contributed by atoms with Crippen LogP contribution >= 0.6 is 11.3 Å². The fourth-order valence-corrected chi connectivity index (χ4v) is 7.78. The normalized spacial score (nSPS) is 17.5. The van der Waals surface area contributed by atoms with Crippen LogP contribution in [0.3, 0.4) is 0 Å². The van der Waals surface area contributed by atoms with Crippen molar-refractivity contribution in [3.05, 3.63) is 41.8 Å². The highest BCUT2D eigenvalue weighted by Gasteiger charge is 2.33. The molecule has 45 heavy (non-hydrogen) atoms. The van der Waals surface area contributed by atoms with Crippen LogP contribution in [0.2, 0.25) is 25.7 Å². The molecule has 0 spiro atoms. The predicted molar refractivity (Wildman–Crippen MR) is 174 cm³/mol. The van der Waals surface area contributed by atoms with Crippen molar-refractivity contribution in [2.75, 3.05) is 37.9 Å². The van der Waals surface area contributed by atoms with Crippen molar-refractivity contribution < 1.29 is 17.9 Å². The highest BCUT2D eigenvalue weighted by Crippen LogP contribution is 2.39. The van der Waals surface area contributed by atoms with Crippen molar-refractivity contribution in [3.63, 3.8) is 0 Å². The summed E-state index contributed by atoms with van der Waals surface area (Å²) in [5.74, 6) is 1.21. The molecule has 6 rings (SSSR count). The first-order valence-electron chi connectivity index (χ1n) is 15.8. The summed E-state index contributed by atoms with van der Waals surface area (Å²) in [6.07, 6.45) is 7.46. The van der Waals surface area contributed by atoms with Gasteiger partial charge < -0.3 is 4.74 Å². The van der Waals surface area contributed by atoms with E-state index in [9.17, 15) is 13.2 Å². The van der Waals surface area contributed by atoms with Gasteiger partial charge in [0.1, 0.15) is 17.6 Å². The van der Waals surface area contributed by atoms with E-state index in [1.165, 1.54) is 17.7 Å². The van der Waals surface area contributed by atoms with Gasteiger partial charge in [0, 0.05) is 57.2 Å². The van der Waals surface area contributed by atoms with Crippen molar-refractivity contribution in [1.29, 1.82) is 0 Å². The molecule has 2 aliphatic rings. The molecule has 242 valence electrons. The monoisotopic (exact) mass is 658 g/mol. The lowest BCUT2D eigenvalue weighted by Gasteiger charge is -2.32. The molecule has 5 heterocycles. The number of rotatable bonds is 11. The Kier molecular flexibility index (Phi) is 9.55. The van der Waals surface area contributed by atoms with E-state index >= 15 is 0 Å². The van der Waals surface area contributed by atoms with E-state index < -0.39 is 20.8 Å². The summed E-state index contributed by atoms with van der Waals surface area (Å²) in [5, 5.41) is 15.6. The van der Waals surface area contributed by atoms with Crippen LogP contribution in [0.25, 0.3) is 22.2 Å². The lowest BCUT2D eigenvalue weighted by molar-refractivity contribution is -0.148. The molecule has 0 radical (unpaired) electrons. The SMILES string of the molecule is C[Si](C)(C)CCOCN(c1ccc2ncc(-c3cnn(C4CCN(CC(F)(F)F)CC4)c3)cc2n1)c1nnc(C2CCCC2)s1. The van der Waals surface area contributed by atoms with Crippen LogP contribution in [0, 0.1) is 0 Å². The lowest BCUT2D eigenvalue weighted by atomic mass is 10.1. The van der Waals surface area contributed by atoms with Gasteiger partial charge in [-0.2, -0.15) is 18.3 Å². The molecule has 0 amide bonds. The third-order valence-corrected chi connectivity index (χ3v) is 11.5. The number of pyridine rings is 2. The van der Waals surface area contributed by atoms with Crippen molar-refractivity contribution in [3.8, 4) is 11.1 Å². The van der Waals surface area contributed by atoms with E-state index in [1.54, 1.807) is 17.5 Å². The first-order valence-corrected chi connectivity index (χ1v) is 20.3. The molecule has 0 atom stereocenters. The van der Waals surface area contributed by atoms with Crippen molar-refractivity contribution >= 4 is 41.4 Å². The Morgan fingerprint density at radius 1 is 1.00 bits per heavy atom. The molecule has 2 fully saturated rings. The summed E-state index contributed by atoms with van der Waals surface area (Å²) in [6, 6.07) is 7.07. The maximum atomic E-state index is 12.8. The summed E-state index contributed by atoms with van der Waals surface area (Å²) in [4.78, 5) is 13.2. The minimum atomic E-state index is -4.17. The van der Waals surface area contributed by atoms with Crippen LogP contribution in [-0.4, -0.2) is 82.1 Å². The van der Waals surface area contributed by atoms with Crippen LogP contribution in [0.1, 0.15) is 55.5 Å². The zero-order valence-corrected chi connectivity index (χ0v) is 27.9. The summed E-state index contributed by atoms with van der Waals surface area (Å²) in [5.41, 5.74) is 3.29. The Labute approximate surface area is 266 Å². The van der Waals surface area contributed by atoms with Gasteiger partial charge in [0.25, 0.3) is 0 Å². The van der Waals surface area contributed by atoms with E-state index in [0.29, 0.717) is 45.2 Å². The van der Waals surface area contributed by atoms with Gasteiger partial charge in [0.05, 0.1) is 29.8 Å². The molecule has 0 unspecified atom stereocenters. The zero-order valence-electron chi connectivity index (χ0n) is 26.1. The van der Waals surface area contributed by atoms with E-state index in [1.807, 2.05) is 40.2 Å². The van der Waals surface area contributed by atoms with Crippen molar-refractivity contribution in [2.24, 2.45) is 0 Å². The number of alkyl halides is 3. The minimum absolute atomic E-state index is 0.0666. The zero-order chi connectivity index (χ0) is 31.6. The first-order chi connectivity index (χ1) is 21.5. The van der Waals surface area contributed by atoms with Gasteiger partial charge in [0.15, 0.2) is 0 Å². The molecule has 1 saturated carbocycles. The molecule has 1 saturated heterocycles. The van der Waals surface area contributed by atoms with Gasteiger partial charge in [-0.15, -0.1) is 10.2 Å². The number of aromatic nitrogens is 6. The number of anilines is 2. The number of ether oxygens (including phenoxy) is 1. The summed E-state index contributed by atoms with van der Waals surface area (Å²) >= 11 is 1.63. The van der Waals surface area contributed by atoms with E-state index in [0.717, 1.165) is 57.0 Å². The van der Waals surface area contributed by atoms with Gasteiger partial charge in [0.2, 0.25) is 5.13 Å². The second-order valence-electron chi connectivity index (χ2n) is 13.4. The summed E-state index contributed by atoms with van der Waals surface area (Å²) in [7, 11) is -1.24. The van der Waals surface area contributed by atoms with Gasteiger partial charge in [-0.3, -0.25) is 19.5 Å². The standard InChI is InChI=1S/C31H41F3N8OSSi/c1-45(2,3)15-14-43-21-41(30-39-38-29(44-30)22-6-4-5-7-22)28-9-8-26-27(37-28)16-23(17-35-26)24-18-36-42(19-24)25-10-12-40(13-11-25)20-31(32,33)34/h8-9,16-19,22,25H,4-7,10-15,20-21H2,1-3H3. The minimum Gasteiger partial charge on any atom is -0.361 e. The van der Waals surface area contributed by atoms with Gasteiger partial charge in [-0.25, -0.2) is 4.98 Å². The predicted octanol–water partition coefficient (Wildman–Crippen LogP) is 7.65. The molecule has 0 aromatic carbocycles. The number of halogens is 3. The molecule has 1 aliphatic heterocycles. The Morgan fingerprint density at radius 3 is 2.51 bits per heavy atom. The molecule has 0 bridgehead atoms. The van der Waals surface area contributed by atoms with Crippen molar-refractivity contribution in [2.45, 2.75) is 82.3 Å². The number of hydrogen-bond acceptors (Lipinski definition) is 9. The van der Waals surface area contributed by atoms with Crippen LogP contribution in [-0.2, 0) is 4.74 Å². The number of likely N-dealkylation sites (tertiary alicyclic amines) is 1.